The average Bonchev–Trinajstić information content (AvgIpc) is 2.98. The number of amides is 2. The summed E-state index contributed by atoms with van der Waals surface area (Å²) >= 11 is 0. The first-order valence-corrected chi connectivity index (χ1v) is 15.5. The topological polar surface area (TPSA) is 148 Å². The smallest absolute Gasteiger partial charge is 0.328 e. The molecule has 10 nitrogen and oxygen atoms in total. The molecular weight excluding hydrogens is 576 g/mol. The molecule has 0 spiro atoms. The lowest BCUT2D eigenvalue weighted by Gasteiger charge is -2.29. The van der Waals surface area contributed by atoms with Crippen molar-refractivity contribution >= 4 is 29.4 Å². The minimum atomic E-state index is -0.974. The summed E-state index contributed by atoms with van der Waals surface area (Å²) in [5.74, 6) is -2.28. The Morgan fingerprint density at radius 3 is 2.49 bits per heavy atom. The van der Waals surface area contributed by atoms with Crippen LogP contribution in [0.5, 0.6) is 0 Å². The van der Waals surface area contributed by atoms with E-state index in [0.29, 0.717) is 37.2 Å². The molecule has 0 aromatic carbocycles. The molecule has 0 unspecified atom stereocenters. The third kappa shape index (κ3) is 12.9. The van der Waals surface area contributed by atoms with E-state index < -0.39 is 53.7 Å². The largest absolute Gasteiger partial charge is 0.460 e. The van der Waals surface area contributed by atoms with Gasteiger partial charge in [-0.2, -0.15) is 0 Å². The summed E-state index contributed by atoms with van der Waals surface area (Å²) in [7, 11) is 1.47. The third-order valence-corrected chi connectivity index (χ3v) is 7.64. The Morgan fingerprint density at radius 2 is 1.80 bits per heavy atom. The van der Waals surface area contributed by atoms with E-state index in [1.807, 2.05) is 19.9 Å². The molecule has 10 heteroatoms. The molecule has 0 aromatic rings. The molecule has 3 N–H and O–H groups in total. The van der Waals surface area contributed by atoms with Crippen molar-refractivity contribution in [1.82, 2.24) is 10.6 Å². The Hall–Kier alpha value is -3.89. The molecule has 0 fully saturated rings. The number of carbonyl (C=O) groups is 5. The van der Waals surface area contributed by atoms with Gasteiger partial charge in [-0.15, -0.1) is 0 Å². The van der Waals surface area contributed by atoms with E-state index in [-0.39, 0.29) is 30.0 Å². The van der Waals surface area contributed by atoms with Gasteiger partial charge < -0.3 is 25.2 Å². The molecule has 0 saturated carbocycles. The standard InChI is InChI=1S/C35H48N2O8/c1-22(2)17-18-31(39)36-25(5)35(43)45-30-16-11-9-7-8-10-15-28(44-6)21-32(40)37-29-20-27(38)19-26(34(29)42)14-12-13-23(3)33(41)24(30)4/h7-11,13,15,19-20,22,24-25,28,30,33,41H,12,14,16-18,21H2,1-6H3,(H,36,39)(H,37,40)/b8-7+,11-9+,15-10+,23-13+/t24-,25-,28+,30+,33+/m1/s1. The van der Waals surface area contributed by atoms with Crippen molar-refractivity contribution in [2.45, 2.75) is 97.5 Å². The molecule has 246 valence electrons. The summed E-state index contributed by atoms with van der Waals surface area (Å²) < 4.78 is 11.2. The summed E-state index contributed by atoms with van der Waals surface area (Å²) in [6.45, 7) is 9.15. The zero-order valence-corrected chi connectivity index (χ0v) is 27.2. The van der Waals surface area contributed by atoms with Crippen LogP contribution in [0, 0.1) is 11.8 Å². The molecule has 1 heterocycles. The minimum absolute atomic E-state index is 0.0596. The van der Waals surface area contributed by atoms with Gasteiger partial charge >= 0.3 is 5.97 Å². The molecule has 0 aromatic heterocycles. The van der Waals surface area contributed by atoms with E-state index in [4.69, 9.17) is 9.47 Å². The quantitative estimate of drug-likeness (QED) is 0.218. The maximum absolute atomic E-state index is 13.0. The minimum Gasteiger partial charge on any atom is -0.460 e. The van der Waals surface area contributed by atoms with E-state index in [9.17, 15) is 29.1 Å². The van der Waals surface area contributed by atoms with Crippen LogP contribution in [0.15, 0.2) is 71.5 Å². The summed E-state index contributed by atoms with van der Waals surface area (Å²) in [4.78, 5) is 63.2. The van der Waals surface area contributed by atoms with E-state index in [1.165, 1.54) is 13.2 Å². The van der Waals surface area contributed by atoms with Crippen molar-refractivity contribution in [3.8, 4) is 0 Å². The van der Waals surface area contributed by atoms with Crippen molar-refractivity contribution < 1.29 is 38.6 Å². The highest BCUT2D eigenvalue weighted by molar-refractivity contribution is 6.21. The molecule has 2 rings (SSSR count). The number of allylic oxidation sites excluding steroid dienone is 8. The van der Waals surface area contributed by atoms with Gasteiger partial charge in [0.2, 0.25) is 17.6 Å². The zero-order valence-electron chi connectivity index (χ0n) is 27.2. The predicted octanol–water partition coefficient (Wildman–Crippen LogP) is 4.12. The van der Waals surface area contributed by atoms with E-state index in [1.54, 1.807) is 57.2 Å². The number of Topliss-reactive ketones (excluding diaryl/α,β-unsaturated/α-hetero) is 1. The van der Waals surface area contributed by atoms with Crippen molar-refractivity contribution in [2.24, 2.45) is 11.8 Å². The van der Waals surface area contributed by atoms with Crippen LogP contribution >= 0.6 is 0 Å². The summed E-state index contributed by atoms with van der Waals surface area (Å²) in [5.41, 5.74) is 0.787. The van der Waals surface area contributed by atoms with Gasteiger partial charge in [-0.3, -0.25) is 19.2 Å². The number of aliphatic hydroxyl groups is 1. The first kappa shape index (κ1) is 37.3. The number of methoxy groups -OCH3 is 1. The lowest BCUT2D eigenvalue weighted by molar-refractivity contribution is -0.156. The SMILES string of the molecule is CO[C@H]1/C=C/C=C/C=C/C[C@H](OC(=O)[C@@H](C)NC(=O)CCC(C)C)[C@@H](C)[C@@H](O)/C(C)=C/CCC2=CC(=O)C=C(NC(=O)C1)C2=O. The van der Waals surface area contributed by atoms with Crippen molar-refractivity contribution in [3.05, 3.63) is 71.5 Å². The molecular formula is C35H48N2O8. The lowest BCUT2D eigenvalue weighted by Crippen LogP contribution is -2.43. The fourth-order valence-corrected chi connectivity index (χ4v) is 4.77. The number of ether oxygens (including phenoxy) is 2. The fraction of sp³-hybridized carbons (Fsp3) is 0.514. The van der Waals surface area contributed by atoms with Crippen LogP contribution in [-0.4, -0.2) is 65.9 Å². The van der Waals surface area contributed by atoms with Crippen LogP contribution in [0.4, 0.5) is 0 Å². The maximum Gasteiger partial charge on any atom is 0.328 e. The fourth-order valence-electron chi connectivity index (χ4n) is 4.77. The van der Waals surface area contributed by atoms with E-state index in [0.717, 1.165) is 6.08 Å². The zero-order chi connectivity index (χ0) is 33.5. The van der Waals surface area contributed by atoms with Crippen LogP contribution in [0.2, 0.25) is 0 Å². The summed E-state index contributed by atoms with van der Waals surface area (Å²) in [6, 6.07) is -0.858. The van der Waals surface area contributed by atoms with Crippen molar-refractivity contribution in [1.29, 1.82) is 0 Å². The second-order valence-corrected chi connectivity index (χ2v) is 11.9. The lowest BCUT2D eigenvalue weighted by atomic mass is 9.90. The van der Waals surface area contributed by atoms with E-state index >= 15 is 0 Å². The molecule has 0 saturated heterocycles. The highest BCUT2D eigenvalue weighted by Gasteiger charge is 2.30. The monoisotopic (exact) mass is 624 g/mol. The summed E-state index contributed by atoms with van der Waals surface area (Å²) in [5, 5.41) is 16.4. The van der Waals surface area contributed by atoms with Gasteiger partial charge in [-0.05, 0) is 50.7 Å². The second-order valence-electron chi connectivity index (χ2n) is 11.9. The van der Waals surface area contributed by atoms with Crippen molar-refractivity contribution in [3.63, 3.8) is 0 Å². The Labute approximate surface area is 266 Å². The number of rotatable bonds is 7. The number of aliphatic hydroxyl groups excluding tert-OH is 1. The number of hydrogen-bond donors (Lipinski definition) is 3. The van der Waals surface area contributed by atoms with Gasteiger partial charge in [-0.25, -0.2) is 4.79 Å². The summed E-state index contributed by atoms with van der Waals surface area (Å²) in [6.07, 6.45) is 14.3. The molecule has 2 amide bonds. The molecule has 0 radical (unpaired) electrons. The van der Waals surface area contributed by atoms with Crippen LogP contribution in [0.3, 0.4) is 0 Å². The highest BCUT2D eigenvalue weighted by atomic mass is 16.5. The number of hydrogen-bond acceptors (Lipinski definition) is 8. The van der Waals surface area contributed by atoms with Crippen LogP contribution in [-0.2, 0) is 33.4 Å². The van der Waals surface area contributed by atoms with Gasteiger partial charge in [0.1, 0.15) is 12.1 Å². The number of carbonyl (C=O) groups excluding carboxylic acids is 5. The van der Waals surface area contributed by atoms with Gasteiger partial charge in [0.25, 0.3) is 0 Å². The molecule has 2 aliphatic rings. The third-order valence-electron chi connectivity index (χ3n) is 7.64. The molecule has 45 heavy (non-hydrogen) atoms. The average molecular weight is 625 g/mol. The maximum atomic E-state index is 13.0. The Balaban J connectivity index is 2.28. The van der Waals surface area contributed by atoms with Gasteiger partial charge in [0, 0.05) is 37.5 Å². The predicted molar refractivity (Wildman–Crippen MR) is 171 cm³/mol. The Bertz CT molecular complexity index is 1270. The van der Waals surface area contributed by atoms with E-state index in [2.05, 4.69) is 10.6 Å². The van der Waals surface area contributed by atoms with Crippen LogP contribution in [0.1, 0.15) is 73.1 Å². The Morgan fingerprint density at radius 1 is 1.09 bits per heavy atom. The van der Waals surface area contributed by atoms with Crippen LogP contribution in [0.25, 0.3) is 0 Å². The van der Waals surface area contributed by atoms with Gasteiger partial charge in [0.05, 0.1) is 24.3 Å². The van der Waals surface area contributed by atoms with Gasteiger partial charge in [0.15, 0.2) is 5.78 Å². The Kier molecular flexibility index (Phi) is 15.6. The number of ketones is 2. The van der Waals surface area contributed by atoms with Crippen molar-refractivity contribution in [2.75, 3.05) is 7.11 Å². The first-order valence-electron chi connectivity index (χ1n) is 15.5. The molecule has 1 aliphatic carbocycles. The highest BCUT2D eigenvalue weighted by Crippen LogP contribution is 2.24. The molecule has 5 atom stereocenters. The van der Waals surface area contributed by atoms with Crippen LogP contribution < -0.4 is 10.6 Å². The second kappa shape index (κ2) is 18.8. The normalized spacial score (nSPS) is 27.8. The number of fused-ring (bicyclic) bond motifs is 2. The van der Waals surface area contributed by atoms with Gasteiger partial charge in [-0.1, -0.05) is 63.3 Å². The molecule has 1 aliphatic heterocycles. The number of esters is 1. The molecule has 2 bridgehead atoms. The number of nitrogens with one attached hydrogen (secondary N) is 2. The first-order chi connectivity index (χ1) is 21.3.